The highest BCUT2D eigenvalue weighted by atomic mass is 19.3. The number of Topliss-reactive ketones (excluding diaryl/α,β-unsaturated/α-hetero) is 1. The number of rotatable bonds is 11. The highest BCUT2D eigenvalue weighted by Gasteiger charge is 2.50. The van der Waals surface area contributed by atoms with Crippen LogP contribution in [0.4, 0.5) is 8.78 Å². The number of carbonyl (C=O) groups excluding carboxylic acids is 2. The predicted octanol–water partition coefficient (Wildman–Crippen LogP) is 2.86. The van der Waals surface area contributed by atoms with Gasteiger partial charge < -0.3 is 9.84 Å². The number of ketones is 1. The Morgan fingerprint density at radius 1 is 1.00 bits per heavy atom. The van der Waals surface area contributed by atoms with Gasteiger partial charge in [-0.15, -0.1) is 0 Å². The second-order valence-corrected chi connectivity index (χ2v) is 6.82. The molecule has 6 nitrogen and oxygen atoms in total. The molecule has 0 saturated carbocycles. The van der Waals surface area contributed by atoms with E-state index in [-0.39, 0.29) is 13.0 Å². The molecule has 0 aliphatic rings. The number of carbonyl (C=O) groups is 3. The maximum Gasteiger partial charge on any atom is 0.320 e. The molecule has 2 aromatic carbocycles. The van der Waals surface area contributed by atoms with Crippen molar-refractivity contribution in [1.29, 1.82) is 0 Å². The van der Waals surface area contributed by atoms with Crippen LogP contribution >= 0.6 is 0 Å². The van der Waals surface area contributed by atoms with E-state index in [0.29, 0.717) is 5.56 Å². The van der Waals surface area contributed by atoms with Crippen LogP contribution in [0.3, 0.4) is 0 Å². The second-order valence-electron chi connectivity index (χ2n) is 6.82. The summed E-state index contributed by atoms with van der Waals surface area (Å²) in [6, 6.07) is 15.8. The van der Waals surface area contributed by atoms with Gasteiger partial charge in [-0.2, -0.15) is 8.78 Å². The summed E-state index contributed by atoms with van der Waals surface area (Å²) >= 11 is 0. The van der Waals surface area contributed by atoms with Crippen LogP contribution in [0.25, 0.3) is 0 Å². The van der Waals surface area contributed by atoms with E-state index in [9.17, 15) is 23.2 Å². The third kappa shape index (κ3) is 6.45. The summed E-state index contributed by atoms with van der Waals surface area (Å²) in [7, 11) is 0. The Hall–Kier alpha value is -3.13. The average molecular weight is 419 g/mol. The Balaban J connectivity index is 2.06. The van der Waals surface area contributed by atoms with Gasteiger partial charge in [0.05, 0.1) is 12.6 Å². The van der Waals surface area contributed by atoms with Crippen molar-refractivity contribution < 1.29 is 33.0 Å². The second kappa shape index (κ2) is 10.6. The van der Waals surface area contributed by atoms with E-state index < -0.39 is 42.1 Å². The number of aliphatic carboxylic acids is 1. The van der Waals surface area contributed by atoms with Gasteiger partial charge in [-0.25, -0.2) is 0 Å². The number of hydrogen-bond donors (Lipinski definition) is 2. The lowest BCUT2D eigenvalue weighted by Gasteiger charge is -2.25. The summed E-state index contributed by atoms with van der Waals surface area (Å²) in [4.78, 5) is 35.5. The molecule has 0 spiro atoms. The summed E-state index contributed by atoms with van der Waals surface area (Å²) in [5.74, 6) is -10.4. The molecule has 8 heteroatoms. The zero-order valence-electron chi connectivity index (χ0n) is 16.4. The van der Waals surface area contributed by atoms with Gasteiger partial charge in [0.25, 0.3) is 0 Å². The maximum absolute atomic E-state index is 14.4. The molecule has 0 amide bonds. The SMILES string of the molecule is CC(C(=O)O)C(F)(F)C(=O)C(Cc1ccccc1)NCC(=O)OCc1ccccc1. The van der Waals surface area contributed by atoms with Crippen molar-refractivity contribution in [2.45, 2.75) is 31.9 Å². The molecule has 0 saturated heterocycles. The van der Waals surface area contributed by atoms with Gasteiger partial charge in [0.2, 0.25) is 5.78 Å². The summed E-state index contributed by atoms with van der Waals surface area (Å²) in [5, 5.41) is 11.4. The fraction of sp³-hybridized carbons (Fsp3) is 0.318. The zero-order chi connectivity index (χ0) is 22.1. The van der Waals surface area contributed by atoms with Crippen LogP contribution in [-0.2, 0) is 32.1 Å². The van der Waals surface area contributed by atoms with Gasteiger partial charge in [0.15, 0.2) is 0 Å². The van der Waals surface area contributed by atoms with Gasteiger partial charge in [0.1, 0.15) is 12.5 Å². The molecule has 0 heterocycles. The first-order valence-corrected chi connectivity index (χ1v) is 9.33. The van der Waals surface area contributed by atoms with Crippen molar-refractivity contribution >= 4 is 17.7 Å². The fourth-order valence-electron chi connectivity index (χ4n) is 2.70. The average Bonchev–Trinajstić information content (AvgIpc) is 2.75. The molecule has 0 aliphatic heterocycles. The van der Waals surface area contributed by atoms with Gasteiger partial charge in [-0.05, 0) is 24.5 Å². The summed E-state index contributed by atoms with van der Waals surface area (Å²) in [6.45, 7) is 0.298. The molecule has 0 fully saturated rings. The highest BCUT2D eigenvalue weighted by molar-refractivity contribution is 5.94. The number of nitrogens with one attached hydrogen (secondary N) is 1. The zero-order valence-corrected chi connectivity index (χ0v) is 16.4. The summed E-state index contributed by atoms with van der Waals surface area (Å²) in [6.07, 6.45) is -0.131. The Labute approximate surface area is 172 Å². The molecule has 0 radical (unpaired) electrons. The molecular weight excluding hydrogens is 396 g/mol. The number of esters is 1. The molecule has 2 unspecified atom stereocenters. The van der Waals surface area contributed by atoms with E-state index in [0.717, 1.165) is 12.5 Å². The molecule has 160 valence electrons. The monoisotopic (exact) mass is 419 g/mol. The standard InChI is InChI=1S/C22H23F2NO5/c1-15(21(28)29)22(23,24)20(27)18(12-16-8-4-2-5-9-16)25-13-19(26)30-14-17-10-6-3-7-11-17/h2-11,15,18,25H,12-14H2,1H3,(H,28,29). The minimum absolute atomic E-state index is 0.00482. The van der Waals surface area contributed by atoms with Gasteiger partial charge in [-0.3, -0.25) is 19.7 Å². The van der Waals surface area contributed by atoms with Crippen LogP contribution in [-0.4, -0.2) is 41.3 Å². The van der Waals surface area contributed by atoms with Crippen LogP contribution in [0.2, 0.25) is 0 Å². The summed E-state index contributed by atoms with van der Waals surface area (Å²) in [5.41, 5.74) is 1.34. The lowest BCUT2D eigenvalue weighted by atomic mass is 9.92. The first-order chi connectivity index (χ1) is 14.2. The van der Waals surface area contributed by atoms with Crippen molar-refractivity contribution in [3.63, 3.8) is 0 Å². The molecule has 0 bridgehead atoms. The smallest absolute Gasteiger partial charge is 0.320 e. The van der Waals surface area contributed by atoms with Crippen molar-refractivity contribution in [3.8, 4) is 0 Å². The van der Waals surface area contributed by atoms with Crippen LogP contribution in [0.15, 0.2) is 60.7 Å². The van der Waals surface area contributed by atoms with Crippen molar-refractivity contribution in [2.75, 3.05) is 6.54 Å². The quantitative estimate of drug-likeness (QED) is 0.544. The van der Waals surface area contributed by atoms with Crippen molar-refractivity contribution in [1.82, 2.24) is 5.32 Å². The predicted molar refractivity (Wildman–Crippen MR) is 105 cm³/mol. The number of hydrogen-bond acceptors (Lipinski definition) is 5. The Bertz CT molecular complexity index is 858. The Kier molecular flexibility index (Phi) is 8.17. The van der Waals surface area contributed by atoms with Crippen LogP contribution < -0.4 is 5.32 Å². The van der Waals surface area contributed by atoms with Crippen LogP contribution in [0, 0.1) is 5.92 Å². The van der Waals surface area contributed by atoms with E-state index in [1.165, 1.54) is 0 Å². The number of carboxylic acids is 1. The van der Waals surface area contributed by atoms with E-state index in [1.807, 2.05) is 6.07 Å². The third-order valence-corrected chi connectivity index (χ3v) is 4.58. The van der Waals surface area contributed by atoms with E-state index in [1.54, 1.807) is 54.6 Å². The largest absolute Gasteiger partial charge is 0.481 e. The molecule has 2 rings (SSSR count). The molecule has 2 N–H and O–H groups in total. The maximum atomic E-state index is 14.4. The third-order valence-electron chi connectivity index (χ3n) is 4.58. The van der Waals surface area contributed by atoms with Crippen LogP contribution in [0.5, 0.6) is 0 Å². The molecule has 2 atom stereocenters. The Morgan fingerprint density at radius 3 is 2.07 bits per heavy atom. The number of benzene rings is 2. The number of halogens is 2. The van der Waals surface area contributed by atoms with Crippen molar-refractivity contribution in [2.24, 2.45) is 5.92 Å². The highest BCUT2D eigenvalue weighted by Crippen LogP contribution is 2.28. The van der Waals surface area contributed by atoms with E-state index >= 15 is 0 Å². The molecule has 30 heavy (non-hydrogen) atoms. The topological polar surface area (TPSA) is 92.7 Å². The Morgan fingerprint density at radius 2 is 1.53 bits per heavy atom. The first-order valence-electron chi connectivity index (χ1n) is 9.33. The molecule has 0 aliphatic carbocycles. The molecule has 0 aromatic heterocycles. The summed E-state index contributed by atoms with van der Waals surface area (Å²) < 4.78 is 33.9. The number of alkyl halides is 2. The fourth-order valence-corrected chi connectivity index (χ4v) is 2.70. The van der Waals surface area contributed by atoms with Gasteiger partial charge in [-0.1, -0.05) is 60.7 Å². The molecular formula is C22H23F2NO5. The van der Waals surface area contributed by atoms with Gasteiger partial charge >= 0.3 is 17.9 Å². The minimum atomic E-state index is -4.10. The van der Waals surface area contributed by atoms with E-state index in [4.69, 9.17) is 9.84 Å². The van der Waals surface area contributed by atoms with Crippen LogP contribution in [0.1, 0.15) is 18.1 Å². The van der Waals surface area contributed by atoms with Gasteiger partial charge in [0, 0.05) is 0 Å². The first kappa shape index (κ1) is 23.2. The lowest BCUT2D eigenvalue weighted by Crippen LogP contribution is -2.52. The minimum Gasteiger partial charge on any atom is -0.481 e. The van der Waals surface area contributed by atoms with E-state index in [2.05, 4.69) is 5.32 Å². The molecule has 2 aromatic rings. The normalized spacial score (nSPS) is 13.3. The van der Waals surface area contributed by atoms with Crippen molar-refractivity contribution in [3.05, 3.63) is 71.8 Å². The number of ether oxygens (including phenoxy) is 1. The lowest BCUT2D eigenvalue weighted by molar-refractivity contribution is -0.167. The number of carboxylic acid groups (broad SMARTS) is 1.